The Kier molecular flexibility index (Phi) is 63.2. The molecule has 0 aromatic rings. The lowest BCUT2D eigenvalue weighted by Crippen LogP contribution is -2.30. The summed E-state index contributed by atoms with van der Waals surface area (Å²) in [6, 6.07) is 0. The van der Waals surface area contributed by atoms with Crippen molar-refractivity contribution in [3.63, 3.8) is 0 Å². The van der Waals surface area contributed by atoms with Crippen molar-refractivity contribution in [3.8, 4) is 0 Å². The van der Waals surface area contributed by atoms with E-state index in [1.807, 2.05) is 0 Å². The average molecular weight is 1090 g/mol. The molecule has 0 rings (SSSR count). The number of esters is 3. The first-order valence-electron chi connectivity index (χ1n) is 33.6. The van der Waals surface area contributed by atoms with E-state index >= 15 is 0 Å². The molecule has 0 aliphatic heterocycles. The number of allylic oxidation sites excluding steroid dienone is 14. The molecule has 0 N–H and O–H groups in total. The van der Waals surface area contributed by atoms with Crippen LogP contribution in [0.3, 0.4) is 0 Å². The second-order valence-electron chi connectivity index (χ2n) is 22.3. The number of unbranched alkanes of at least 4 members (excludes halogenated alkanes) is 36. The summed E-state index contributed by atoms with van der Waals surface area (Å²) in [4.78, 5) is 38.4. The van der Waals surface area contributed by atoms with Crippen molar-refractivity contribution in [3.05, 3.63) is 85.1 Å². The zero-order valence-electron chi connectivity index (χ0n) is 51.7. The summed E-state index contributed by atoms with van der Waals surface area (Å²) in [5.74, 6) is -0.895. The lowest BCUT2D eigenvalue weighted by atomic mass is 10.0. The van der Waals surface area contributed by atoms with Crippen LogP contribution in [0.4, 0.5) is 0 Å². The standard InChI is InChI=1S/C72H126O6/c1-4-7-10-13-16-19-22-25-28-30-32-33-34-35-36-37-38-39-40-42-44-47-50-53-56-59-62-65-71(74)77-68-69(67-76-70(73)64-61-58-55-52-49-46-43-27-24-21-18-15-12-9-6-3)78-72(75)66-63-60-57-54-51-48-45-41-31-29-26-23-20-17-14-11-8-5-2/h9,12,18,20-23,25,27,29-32,43,69H,4-8,10-11,13-17,19,24,26,28,33-42,44-68H2,1-3H3/b12-9-,21-18-,23-20-,25-22-,31-29-,32-30-,43-27-. The van der Waals surface area contributed by atoms with Gasteiger partial charge in [0.25, 0.3) is 0 Å². The highest BCUT2D eigenvalue weighted by atomic mass is 16.6. The molecule has 1 unspecified atom stereocenters. The molecule has 0 fully saturated rings. The Balaban J connectivity index is 4.30. The van der Waals surface area contributed by atoms with Crippen LogP contribution in [0.25, 0.3) is 0 Å². The van der Waals surface area contributed by atoms with E-state index < -0.39 is 6.10 Å². The van der Waals surface area contributed by atoms with Crippen molar-refractivity contribution in [2.75, 3.05) is 13.2 Å². The fourth-order valence-electron chi connectivity index (χ4n) is 9.58. The quantitative estimate of drug-likeness (QED) is 0.0261. The lowest BCUT2D eigenvalue weighted by Gasteiger charge is -2.18. The van der Waals surface area contributed by atoms with E-state index in [2.05, 4.69) is 106 Å². The van der Waals surface area contributed by atoms with Crippen molar-refractivity contribution >= 4 is 17.9 Å². The largest absolute Gasteiger partial charge is 0.462 e. The number of rotatable bonds is 61. The van der Waals surface area contributed by atoms with E-state index in [9.17, 15) is 14.4 Å². The van der Waals surface area contributed by atoms with Crippen LogP contribution in [-0.4, -0.2) is 37.2 Å². The molecule has 0 saturated carbocycles. The Morgan fingerprint density at radius 1 is 0.269 bits per heavy atom. The Hall–Kier alpha value is -3.41. The summed E-state index contributed by atoms with van der Waals surface area (Å²) in [7, 11) is 0. The number of hydrogen-bond donors (Lipinski definition) is 0. The number of hydrogen-bond acceptors (Lipinski definition) is 6. The molecule has 0 spiro atoms. The van der Waals surface area contributed by atoms with E-state index in [0.29, 0.717) is 19.3 Å². The van der Waals surface area contributed by atoms with Gasteiger partial charge in [-0.3, -0.25) is 14.4 Å². The highest BCUT2D eigenvalue weighted by Crippen LogP contribution is 2.17. The maximum Gasteiger partial charge on any atom is 0.306 e. The molecule has 6 nitrogen and oxygen atoms in total. The number of carbonyl (C=O) groups excluding carboxylic acids is 3. The van der Waals surface area contributed by atoms with Gasteiger partial charge < -0.3 is 14.2 Å². The Bertz CT molecular complexity index is 1480. The van der Waals surface area contributed by atoms with Gasteiger partial charge in [-0.1, -0.05) is 286 Å². The monoisotopic (exact) mass is 1090 g/mol. The molecule has 0 heterocycles. The predicted octanol–water partition coefficient (Wildman–Crippen LogP) is 23.1. The molecule has 0 saturated heterocycles. The first-order valence-corrected chi connectivity index (χ1v) is 33.6. The lowest BCUT2D eigenvalue weighted by molar-refractivity contribution is -0.167. The van der Waals surface area contributed by atoms with Crippen LogP contribution in [0.2, 0.25) is 0 Å². The van der Waals surface area contributed by atoms with Crippen LogP contribution >= 0.6 is 0 Å². The Morgan fingerprint density at radius 2 is 0.500 bits per heavy atom. The Labute approximate surface area is 484 Å². The normalized spacial score (nSPS) is 12.6. The smallest absolute Gasteiger partial charge is 0.306 e. The van der Waals surface area contributed by atoms with E-state index in [1.165, 1.54) is 180 Å². The maximum absolute atomic E-state index is 12.9. The van der Waals surface area contributed by atoms with Crippen LogP contribution < -0.4 is 0 Å². The van der Waals surface area contributed by atoms with Crippen LogP contribution in [0, 0.1) is 0 Å². The van der Waals surface area contributed by atoms with Gasteiger partial charge in [0, 0.05) is 19.3 Å². The van der Waals surface area contributed by atoms with Crippen LogP contribution in [0.5, 0.6) is 0 Å². The third-order valence-electron chi connectivity index (χ3n) is 14.6. The number of ether oxygens (including phenoxy) is 3. The van der Waals surface area contributed by atoms with E-state index in [4.69, 9.17) is 14.2 Å². The van der Waals surface area contributed by atoms with Crippen LogP contribution in [0.15, 0.2) is 85.1 Å². The summed E-state index contributed by atoms with van der Waals surface area (Å²) in [5, 5.41) is 0. The maximum atomic E-state index is 12.9. The van der Waals surface area contributed by atoms with Crippen molar-refractivity contribution in [1.82, 2.24) is 0 Å². The van der Waals surface area contributed by atoms with Crippen molar-refractivity contribution in [1.29, 1.82) is 0 Å². The SMILES string of the molecule is CC/C=C\C/C=C\C/C=C\CCCCCCCC(=O)OCC(COC(=O)CCCCCCCCCCCCCCCCC/C=C\C/C=C\CCCCCCC)OC(=O)CCCCCCCCC/C=C\C/C=C\CCCCCC. The fraction of sp³-hybridized carbons (Fsp3) is 0.764. The van der Waals surface area contributed by atoms with Gasteiger partial charge in [-0.25, -0.2) is 0 Å². The molecule has 0 bridgehead atoms. The van der Waals surface area contributed by atoms with Gasteiger partial charge in [-0.2, -0.15) is 0 Å². The average Bonchev–Trinajstić information content (AvgIpc) is 3.44. The third-order valence-corrected chi connectivity index (χ3v) is 14.6. The highest BCUT2D eigenvalue weighted by Gasteiger charge is 2.19. The summed E-state index contributed by atoms with van der Waals surface area (Å²) in [5.41, 5.74) is 0. The minimum absolute atomic E-state index is 0.0838. The first-order chi connectivity index (χ1) is 38.5. The summed E-state index contributed by atoms with van der Waals surface area (Å²) >= 11 is 0. The van der Waals surface area contributed by atoms with Crippen LogP contribution in [-0.2, 0) is 28.6 Å². The molecule has 0 aromatic carbocycles. The van der Waals surface area contributed by atoms with Gasteiger partial charge in [-0.05, 0) is 116 Å². The third kappa shape index (κ3) is 63.4. The summed E-state index contributed by atoms with van der Waals surface area (Å²) in [6.07, 6.45) is 87.4. The van der Waals surface area contributed by atoms with E-state index in [0.717, 1.165) is 116 Å². The van der Waals surface area contributed by atoms with Crippen molar-refractivity contribution in [2.45, 2.75) is 341 Å². The molecule has 6 heteroatoms. The molecular formula is C72H126O6. The van der Waals surface area contributed by atoms with E-state index in [-0.39, 0.29) is 31.1 Å². The minimum Gasteiger partial charge on any atom is -0.462 e. The van der Waals surface area contributed by atoms with Gasteiger partial charge in [0.2, 0.25) is 0 Å². The first kappa shape index (κ1) is 74.6. The molecule has 0 aromatic heterocycles. The molecular weight excluding hydrogens is 961 g/mol. The molecule has 0 radical (unpaired) electrons. The Morgan fingerprint density at radius 3 is 0.795 bits per heavy atom. The summed E-state index contributed by atoms with van der Waals surface area (Å²) < 4.78 is 16.9. The zero-order chi connectivity index (χ0) is 56.4. The molecule has 0 aliphatic carbocycles. The van der Waals surface area contributed by atoms with Gasteiger partial charge in [0.05, 0.1) is 0 Å². The van der Waals surface area contributed by atoms with Crippen LogP contribution in [0.1, 0.15) is 335 Å². The molecule has 78 heavy (non-hydrogen) atoms. The predicted molar refractivity (Wildman–Crippen MR) is 339 cm³/mol. The topological polar surface area (TPSA) is 78.9 Å². The van der Waals surface area contributed by atoms with Gasteiger partial charge >= 0.3 is 17.9 Å². The zero-order valence-corrected chi connectivity index (χ0v) is 51.7. The van der Waals surface area contributed by atoms with Crippen molar-refractivity contribution in [2.24, 2.45) is 0 Å². The van der Waals surface area contributed by atoms with Crippen molar-refractivity contribution < 1.29 is 28.6 Å². The fourth-order valence-corrected chi connectivity index (χ4v) is 9.58. The minimum atomic E-state index is -0.789. The van der Waals surface area contributed by atoms with Gasteiger partial charge in [0.1, 0.15) is 13.2 Å². The van der Waals surface area contributed by atoms with E-state index in [1.54, 1.807) is 0 Å². The molecule has 1 atom stereocenters. The molecule has 0 aliphatic rings. The molecule has 450 valence electrons. The molecule has 0 amide bonds. The number of carbonyl (C=O) groups is 3. The van der Waals surface area contributed by atoms with Gasteiger partial charge in [-0.15, -0.1) is 0 Å². The second kappa shape index (κ2) is 66.1. The second-order valence-corrected chi connectivity index (χ2v) is 22.3. The van der Waals surface area contributed by atoms with Gasteiger partial charge in [0.15, 0.2) is 6.10 Å². The summed E-state index contributed by atoms with van der Waals surface area (Å²) in [6.45, 7) is 6.52. The highest BCUT2D eigenvalue weighted by molar-refractivity contribution is 5.71.